The van der Waals surface area contributed by atoms with E-state index in [2.05, 4.69) is 5.32 Å². The van der Waals surface area contributed by atoms with Crippen LogP contribution in [0.3, 0.4) is 0 Å². The highest BCUT2D eigenvalue weighted by atomic mass is 35.5. The van der Waals surface area contributed by atoms with E-state index in [-0.39, 0.29) is 24.1 Å². The Hall–Kier alpha value is -2.07. The Morgan fingerprint density at radius 3 is 2.60 bits per heavy atom. The van der Waals surface area contributed by atoms with Gasteiger partial charge in [-0.05, 0) is 30.7 Å². The molecule has 0 saturated carbocycles. The summed E-state index contributed by atoms with van der Waals surface area (Å²) in [6.07, 6.45) is 1.59. The van der Waals surface area contributed by atoms with E-state index in [1.807, 2.05) is 19.1 Å². The number of pyridine rings is 1. The molecule has 1 atom stereocenters. The molecule has 1 aromatic heterocycles. The number of amides is 1. The fourth-order valence-electron chi connectivity index (χ4n) is 1.87. The monoisotopic (exact) mass is 290 g/mol. The van der Waals surface area contributed by atoms with Gasteiger partial charge in [-0.2, -0.15) is 0 Å². The third-order valence-corrected chi connectivity index (χ3v) is 3.21. The molecule has 0 fully saturated rings. The van der Waals surface area contributed by atoms with E-state index in [0.717, 1.165) is 5.56 Å². The Morgan fingerprint density at radius 1 is 1.25 bits per heavy atom. The lowest BCUT2D eigenvalue weighted by Gasteiger charge is -2.15. The van der Waals surface area contributed by atoms with Gasteiger partial charge in [0.05, 0.1) is 6.04 Å². The molecule has 0 aliphatic carbocycles. The molecule has 0 spiro atoms. The predicted molar refractivity (Wildman–Crippen MR) is 78.7 cm³/mol. The Morgan fingerprint density at radius 2 is 1.95 bits per heavy atom. The highest BCUT2D eigenvalue weighted by Gasteiger charge is 2.10. The Bertz CT molecular complexity index is 649. The molecular formula is C15H15ClN2O2. The van der Waals surface area contributed by atoms with Crippen LogP contribution < -0.4 is 10.9 Å². The van der Waals surface area contributed by atoms with Crippen LogP contribution in [0.5, 0.6) is 0 Å². The third kappa shape index (κ3) is 3.71. The first-order chi connectivity index (χ1) is 9.56. The summed E-state index contributed by atoms with van der Waals surface area (Å²) >= 11 is 5.82. The van der Waals surface area contributed by atoms with Gasteiger partial charge >= 0.3 is 0 Å². The molecule has 0 unspecified atom stereocenters. The number of nitrogens with one attached hydrogen (secondary N) is 1. The zero-order valence-electron chi connectivity index (χ0n) is 11.0. The highest BCUT2D eigenvalue weighted by molar-refractivity contribution is 6.30. The lowest BCUT2D eigenvalue weighted by atomic mass is 10.1. The lowest BCUT2D eigenvalue weighted by molar-refractivity contribution is -0.122. The van der Waals surface area contributed by atoms with E-state index in [0.29, 0.717) is 5.02 Å². The summed E-state index contributed by atoms with van der Waals surface area (Å²) in [5, 5.41) is 3.51. The summed E-state index contributed by atoms with van der Waals surface area (Å²) in [5.74, 6) is -0.208. The van der Waals surface area contributed by atoms with E-state index in [1.165, 1.54) is 10.6 Å². The lowest BCUT2D eigenvalue weighted by Crippen LogP contribution is -2.33. The van der Waals surface area contributed by atoms with Crippen molar-refractivity contribution in [3.63, 3.8) is 0 Å². The van der Waals surface area contributed by atoms with Crippen LogP contribution in [0.15, 0.2) is 53.5 Å². The van der Waals surface area contributed by atoms with Crippen LogP contribution in [-0.4, -0.2) is 10.5 Å². The summed E-state index contributed by atoms with van der Waals surface area (Å²) in [6, 6.07) is 11.9. The van der Waals surface area contributed by atoms with Gasteiger partial charge in [0.25, 0.3) is 5.56 Å². The number of rotatable bonds is 4. The smallest absolute Gasteiger partial charge is 0.250 e. The van der Waals surface area contributed by atoms with Crippen molar-refractivity contribution in [1.29, 1.82) is 0 Å². The van der Waals surface area contributed by atoms with E-state index in [1.54, 1.807) is 30.5 Å². The van der Waals surface area contributed by atoms with Gasteiger partial charge in [0, 0.05) is 17.3 Å². The normalized spacial score (nSPS) is 11.9. The number of benzene rings is 1. The zero-order valence-corrected chi connectivity index (χ0v) is 11.8. The predicted octanol–water partition coefficient (Wildman–Crippen LogP) is 2.38. The van der Waals surface area contributed by atoms with Crippen LogP contribution in [0.4, 0.5) is 0 Å². The molecule has 0 aliphatic heterocycles. The minimum atomic E-state index is -0.208. The molecule has 20 heavy (non-hydrogen) atoms. The molecule has 0 aliphatic rings. The van der Waals surface area contributed by atoms with Gasteiger partial charge in [-0.15, -0.1) is 0 Å². The van der Waals surface area contributed by atoms with Crippen LogP contribution in [0, 0.1) is 0 Å². The third-order valence-electron chi connectivity index (χ3n) is 2.96. The van der Waals surface area contributed by atoms with Crippen LogP contribution in [-0.2, 0) is 11.3 Å². The molecule has 5 heteroatoms. The maximum absolute atomic E-state index is 11.9. The average Bonchev–Trinajstić information content (AvgIpc) is 2.42. The summed E-state index contributed by atoms with van der Waals surface area (Å²) in [7, 11) is 0. The highest BCUT2D eigenvalue weighted by Crippen LogP contribution is 2.15. The molecule has 104 valence electrons. The molecule has 0 saturated heterocycles. The van der Waals surface area contributed by atoms with Gasteiger partial charge in [-0.25, -0.2) is 0 Å². The van der Waals surface area contributed by atoms with Crippen molar-refractivity contribution in [3.8, 4) is 0 Å². The van der Waals surface area contributed by atoms with E-state index < -0.39 is 0 Å². The Labute approximate surface area is 122 Å². The molecular weight excluding hydrogens is 276 g/mol. The number of carbonyl (C=O) groups is 1. The SMILES string of the molecule is C[C@H](NC(=O)Cn1ccccc1=O)c1ccc(Cl)cc1. The molecule has 1 amide bonds. The molecule has 0 radical (unpaired) electrons. The quantitative estimate of drug-likeness (QED) is 0.940. The summed E-state index contributed by atoms with van der Waals surface area (Å²) < 4.78 is 1.36. The van der Waals surface area contributed by atoms with Crippen molar-refractivity contribution in [1.82, 2.24) is 9.88 Å². The maximum atomic E-state index is 11.9. The van der Waals surface area contributed by atoms with Crippen LogP contribution in [0.2, 0.25) is 5.02 Å². The summed E-state index contributed by atoms with van der Waals surface area (Å²) in [6.45, 7) is 1.90. The number of aromatic nitrogens is 1. The number of nitrogens with zero attached hydrogens (tertiary/aromatic N) is 1. The van der Waals surface area contributed by atoms with E-state index >= 15 is 0 Å². The van der Waals surface area contributed by atoms with Gasteiger partial charge in [0.1, 0.15) is 6.54 Å². The number of hydrogen-bond acceptors (Lipinski definition) is 2. The number of hydrogen-bond donors (Lipinski definition) is 1. The molecule has 1 heterocycles. The Kier molecular flexibility index (Phi) is 4.58. The molecule has 0 bridgehead atoms. The van der Waals surface area contributed by atoms with E-state index in [4.69, 9.17) is 11.6 Å². The largest absolute Gasteiger partial charge is 0.348 e. The van der Waals surface area contributed by atoms with Crippen molar-refractivity contribution in [2.75, 3.05) is 0 Å². The van der Waals surface area contributed by atoms with Crippen LogP contribution in [0.25, 0.3) is 0 Å². The molecule has 1 aromatic carbocycles. The summed E-state index contributed by atoms with van der Waals surface area (Å²) in [4.78, 5) is 23.4. The van der Waals surface area contributed by atoms with Gasteiger partial charge < -0.3 is 9.88 Å². The molecule has 4 nitrogen and oxygen atoms in total. The zero-order chi connectivity index (χ0) is 14.5. The molecule has 2 aromatic rings. The Balaban J connectivity index is 1.99. The minimum Gasteiger partial charge on any atom is -0.348 e. The minimum absolute atomic E-state index is 0.0115. The van der Waals surface area contributed by atoms with Gasteiger partial charge in [-0.1, -0.05) is 29.8 Å². The average molecular weight is 291 g/mol. The molecule has 2 rings (SSSR count). The fraction of sp³-hybridized carbons (Fsp3) is 0.200. The first-order valence-electron chi connectivity index (χ1n) is 6.26. The van der Waals surface area contributed by atoms with Crippen molar-refractivity contribution in [3.05, 3.63) is 69.6 Å². The van der Waals surface area contributed by atoms with Gasteiger partial charge in [0.2, 0.25) is 5.91 Å². The second-order valence-electron chi connectivity index (χ2n) is 4.51. The second-order valence-corrected chi connectivity index (χ2v) is 4.94. The van der Waals surface area contributed by atoms with Gasteiger partial charge in [0.15, 0.2) is 0 Å². The second kappa shape index (κ2) is 6.39. The molecule has 1 N–H and O–H groups in total. The van der Waals surface area contributed by atoms with Crippen molar-refractivity contribution in [2.45, 2.75) is 19.5 Å². The van der Waals surface area contributed by atoms with E-state index in [9.17, 15) is 9.59 Å². The standard InChI is InChI=1S/C15H15ClN2O2/c1-11(12-5-7-13(16)8-6-12)17-14(19)10-18-9-3-2-4-15(18)20/h2-9,11H,10H2,1H3,(H,17,19)/t11-/m0/s1. The topological polar surface area (TPSA) is 51.1 Å². The van der Waals surface area contributed by atoms with Crippen molar-refractivity contribution >= 4 is 17.5 Å². The summed E-state index contributed by atoms with van der Waals surface area (Å²) in [5.41, 5.74) is 0.768. The maximum Gasteiger partial charge on any atom is 0.250 e. The van der Waals surface area contributed by atoms with Gasteiger partial charge in [-0.3, -0.25) is 9.59 Å². The first-order valence-corrected chi connectivity index (χ1v) is 6.64. The van der Waals surface area contributed by atoms with Crippen molar-refractivity contribution in [2.24, 2.45) is 0 Å². The first kappa shape index (κ1) is 14.3. The number of carbonyl (C=O) groups excluding carboxylic acids is 1. The number of halogens is 1. The van der Waals surface area contributed by atoms with Crippen LogP contribution >= 0.6 is 11.6 Å². The van der Waals surface area contributed by atoms with Crippen molar-refractivity contribution < 1.29 is 4.79 Å². The van der Waals surface area contributed by atoms with Crippen LogP contribution in [0.1, 0.15) is 18.5 Å². The fourth-order valence-corrected chi connectivity index (χ4v) is 1.99.